The molecule has 0 aliphatic carbocycles. The fourth-order valence-corrected chi connectivity index (χ4v) is 3.78. The van der Waals surface area contributed by atoms with Gasteiger partial charge >= 0.3 is 0 Å². The van der Waals surface area contributed by atoms with E-state index in [-0.39, 0.29) is 5.91 Å². The predicted molar refractivity (Wildman–Crippen MR) is 108 cm³/mol. The summed E-state index contributed by atoms with van der Waals surface area (Å²) in [6, 6.07) is 18.4. The first kappa shape index (κ1) is 18.9. The van der Waals surface area contributed by atoms with Crippen LogP contribution in [0.2, 0.25) is 5.02 Å². The third kappa shape index (κ3) is 5.09. The van der Waals surface area contributed by atoms with Crippen molar-refractivity contribution in [3.05, 3.63) is 70.7 Å². The highest BCUT2D eigenvalue weighted by molar-refractivity contribution is 6.30. The van der Waals surface area contributed by atoms with Gasteiger partial charge in [-0.2, -0.15) is 0 Å². The summed E-state index contributed by atoms with van der Waals surface area (Å²) in [6.07, 6.45) is 3.26. The molecule has 4 heteroatoms. The van der Waals surface area contributed by atoms with Crippen molar-refractivity contribution in [2.24, 2.45) is 0 Å². The SMILES string of the molecule is CC(CCc1ccccc1)N1CCCN(C(=O)c2cccc(Cl)c2)CC1. The van der Waals surface area contributed by atoms with Crippen LogP contribution in [0.3, 0.4) is 0 Å². The molecule has 2 aromatic carbocycles. The highest BCUT2D eigenvalue weighted by Gasteiger charge is 2.22. The normalized spacial score (nSPS) is 16.9. The topological polar surface area (TPSA) is 23.6 Å². The molecule has 0 radical (unpaired) electrons. The second-order valence-corrected chi connectivity index (χ2v) is 7.50. The molecule has 1 aliphatic heterocycles. The second-order valence-electron chi connectivity index (χ2n) is 7.07. The summed E-state index contributed by atoms with van der Waals surface area (Å²) in [4.78, 5) is 17.2. The van der Waals surface area contributed by atoms with E-state index in [9.17, 15) is 4.79 Å². The van der Waals surface area contributed by atoms with Gasteiger partial charge in [0.2, 0.25) is 0 Å². The Morgan fingerprint density at radius 3 is 2.62 bits per heavy atom. The summed E-state index contributed by atoms with van der Waals surface area (Å²) in [5.74, 6) is 0.0892. The molecule has 1 amide bonds. The van der Waals surface area contributed by atoms with Crippen LogP contribution in [0.25, 0.3) is 0 Å². The Kier molecular flexibility index (Phi) is 6.70. The van der Waals surface area contributed by atoms with E-state index in [1.165, 1.54) is 5.56 Å². The molecule has 0 N–H and O–H groups in total. The van der Waals surface area contributed by atoms with Crippen molar-refractivity contribution in [1.29, 1.82) is 0 Å². The minimum atomic E-state index is 0.0892. The zero-order valence-electron chi connectivity index (χ0n) is 15.4. The number of nitrogens with zero attached hydrogens (tertiary/aromatic N) is 2. The molecule has 1 aliphatic rings. The first-order chi connectivity index (χ1) is 12.6. The van der Waals surface area contributed by atoms with Gasteiger partial charge in [-0.25, -0.2) is 0 Å². The van der Waals surface area contributed by atoms with Crippen molar-refractivity contribution in [1.82, 2.24) is 9.80 Å². The lowest BCUT2D eigenvalue weighted by Crippen LogP contribution is -2.38. The molecule has 0 aromatic heterocycles. The molecule has 1 fully saturated rings. The molecular formula is C22H27ClN2O. The summed E-state index contributed by atoms with van der Waals surface area (Å²) in [5, 5.41) is 0.613. The van der Waals surface area contributed by atoms with Crippen molar-refractivity contribution >= 4 is 17.5 Å². The molecule has 0 spiro atoms. The summed E-state index contributed by atoms with van der Waals surface area (Å²) < 4.78 is 0. The van der Waals surface area contributed by atoms with Crippen LogP contribution in [0.5, 0.6) is 0 Å². The number of benzene rings is 2. The molecule has 2 aromatic rings. The fourth-order valence-electron chi connectivity index (χ4n) is 3.59. The van der Waals surface area contributed by atoms with Crippen LogP contribution in [-0.4, -0.2) is 47.9 Å². The minimum Gasteiger partial charge on any atom is -0.337 e. The van der Waals surface area contributed by atoms with Crippen LogP contribution in [0.15, 0.2) is 54.6 Å². The number of hydrogen-bond donors (Lipinski definition) is 0. The lowest BCUT2D eigenvalue weighted by molar-refractivity contribution is 0.0758. The molecule has 1 saturated heterocycles. The van der Waals surface area contributed by atoms with Crippen LogP contribution in [0, 0.1) is 0 Å². The van der Waals surface area contributed by atoms with E-state index in [0.717, 1.165) is 45.4 Å². The summed E-state index contributed by atoms with van der Waals surface area (Å²) in [5.41, 5.74) is 2.08. The fraction of sp³-hybridized carbons (Fsp3) is 0.409. The Balaban J connectivity index is 1.53. The molecular weight excluding hydrogens is 344 g/mol. The lowest BCUT2D eigenvalue weighted by atomic mass is 10.1. The maximum Gasteiger partial charge on any atom is 0.253 e. The highest BCUT2D eigenvalue weighted by atomic mass is 35.5. The van der Waals surface area contributed by atoms with Crippen LogP contribution in [-0.2, 0) is 6.42 Å². The summed E-state index contributed by atoms with van der Waals surface area (Å²) in [6.45, 7) is 5.88. The number of hydrogen-bond acceptors (Lipinski definition) is 2. The predicted octanol–water partition coefficient (Wildman–Crippen LogP) is 4.51. The minimum absolute atomic E-state index is 0.0892. The van der Waals surface area contributed by atoms with E-state index in [1.54, 1.807) is 12.1 Å². The Hall–Kier alpha value is -1.84. The van der Waals surface area contributed by atoms with E-state index < -0.39 is 0 Å². The Morgan fingerprint density at radius 1 is 1.04 bits per heavy atom. The third-order valence-electron chi connectivity index (χ3n) is 5.21. The maximum absolute atomic E-state index is 12.7. The molecule has 0 bridgehead atoms. The third-order valence-corrected chi connectivity index (χ3v) is 5.44. The quantitative estimate of drug-likeness (QED) is 0.773. The van der Waals surface area contributed by atoms with Crippen molar-refractivity contribution in [3.63, 3.8) is 0 Å². The first-order valence-corrected chi connectivity index (χ1v) is 9.84. The summed E-state index contributed by atoms with van der Waals surface area (Å²) >= 11 is 6.03. The first-order valence-electron chi connectivity index (χ1n) is 9.46. The van der Waals surface area contributed by atoms with Gasteiger partial charge < -0.3 is 4.90 Å². The zero-order valence-corrected chi connectivity index (χ0v) is 16.2. The molecule has 3 rings (SSSR count). The van der Waals surface area contributed by atoms with Crippen LogP contribution < -0.4 is 0 Å². The number of aryl methyl sites for hydroxylation is 1. The zero-order chi connectivity index (χ0) is 18.4. The van der Waals surface area contributed by atoms with Crippen LogP contribution >= 0.6 is 11.6 Å². The van der Waals surface area contributed by atoms with Crippen molar-refractivity contribution in [3.8, 4) is 0 Å². The Labute approximate surface area is 161 Å². The highest BCUT2D eigenvalue weighted by Crippen LogP contribution is 2.16. The number of carbonyl (C=O) groups excluding carboxylic acids is 1. The van der Waals surface area contributed by atoms with E-state index in [1.807, 2.05) is 17.0 Å². The average Bonchev–Trinajstić information content (AvgIpc) is 2.92. The van der Waals surface area contributed by atoms with E-state index in [2.05, 4.69) is 42.2 Å². The molecule has 26 heavy (non-hydrogen) atoms. The molecule has 3 nitrogen and oxygen atoms in total. The number of amides is 1. The molecule has 1 unspecified atom stereocenters. The smallest absolute Gasteiger partial charge is 0.253 e. The Bertz CT molecular complexity index is 719. The lowest BCUT2D eigenvalue weighted by Gasteiger charge is -2.28. The summed E-state index contributed by atoms with van der Waals surface area (Å²) in [7, 11) is 0. The Morgan fingerprint density at radius 2 is 1.85 bits per heavy atom. The monoisotopic (exact) mass is 370 g/mol. The van der Waals surface area contributed by atoms with Crippen molar-refractivity contribution in [2.45, 2.75) is 32.2 Å². The molecule has 1 atom stereocenters. The van der Waals surface area contributed by atoms with E-state index in [4.69, 9.17) is 11.6 Å². The second kappa shape index (κ2) is 9.20. The van der Waals surface area contributed by atoms with Gasteiger partial charge in [0.15, 0.2) is 0 Å². The van der Waals surface area contributed by atoms with Gasteiger partial charge in [-0.05, 0) is 49.9 Å². The molecule has 138 valence electrons. The maximum atomic E-state index is 12.7. The van der Waals surface area contributed by atoms with Crippen LogP contribution in [0.1, 0.15) is 35.7 Å². The van der Waals surface area contributed by atoms with Gasteiger partial charge in [-0.15, -0.1) is 0 Å². The molecule has 1 heterocycles. The van der Waals surface area contributed by atoms with Gasteiger partial charge in [0, 0.05) is 42.8 Å². The molecule has 0 saturated carbocycles. The number of rotatable bonds is 5. The van der Waals surface area contributed by atoms with Crippen LogP contribution in [0.4, 0.5) is 0 Å². The van der Waals surface area contributed by atoms with Crippen molar-refractivity contribution < 1.29 is 4.79 Å². The number of carbonyl (C=O) groups is 1. The standard InChI is InChI=1S/C22H27ClN2O/c1-18(11-12-19-7-3-2-4-8-19)24-13-6-14-25(16-15-24)22(26)20-9-5-10-21(23)17-20/h2-5,7-10,17-18H,6,11-16H2,1H3. The van der Waals surface area contributed by atoms with Gasteiger partial charge in [0.05, 0.1) is 0 Å². The van der Waals surface area contributed by atoms with E-state index >= 15 is 0 Å². The van der Waals surface area contributed by atoms with Gasteiger partial charge in [-0.1, -0.05) is 48.0 Å². The number of halogens is 1. The van der Waals surface area contributed by atoms with Gasteiger partial charge in [-0.3, -0.25) is 9.69 Å². The average molecular weight is 371 g/mol. The van der Waals surface area contributed by atoms with Gasteiger partial charge in [0.1, 0.15) is 0 Å². The largest absolute Gasteiger partial charge is 0.337 e. The van der Waals surface area contributed by atoms with E-state index in [0.29, 0.717) is 16.6 Å². The van der Waals surface area contributed by atoms with Gasteiger partial charge in [0.25, 0.3) is 5.91 Å². The van der Waals surface area contributed by atoms with Crippen molar-refractivity contribution in [2.75, 3.05) is 26.2 Å².